The number of rotatable bonds is 1. The molecule has 2 N–H and O–H groups in total. The van der Waals surface area contributed by atoms with Crippen molar-refractivity contribution in [2.45, 2.75) is 44.4 Å². The van der Waals surface area contributed by atoms with Crippen LogP contribution in [-0.4, -0.2) is 5.79 Å². The van der Waals surface area contributed by atoms with Gasteiger partial charge >= 0.3 is 0 Å². The fourth-order valence-electron chi connectivity index (χ4n) is 2.60. The van der Waals surface area contributed by atoms with Gasteiger partial charge in [-0.05, 0) is 37.5 Å². The topological polar surface area (TPSA) is 44.5 Å². The first-order valence-electron chi connectivity index (χ1n) is 6.07. The number of nitrogens with two attached hydrogens (primary N) is 1. The third-order valence-corrected chi connectivity index (χ3v) is 4.20. The Hall–Kier alpha value is -0.740. The molecule has 3 rings (SSSR count). The molecule has 1 aliphatic carbocycles. The highest BCUT2D eigenvalue weighted by Gasteiger charge is 2.44. The molecule has 4 heteroatoms. The SMILES string of the molecule is CC(N)c1cc2c(cc1Br)OC1(CCCC1)O2. The summed E-state index contributed by atoms with van der Waals surface area (Å²) in [4.78, 5) is 0. The lowest BCUT2D eigenvalue weighted by Gasteiger charge is -2.21. The summed E-state index contributed by atoms with van der Waals surface area (Å²) < 4.78 is 13.0. The molecule has 1 saturated carbocycles. The molecular weight excluding hydrogens is 282 g/mol. The van der Waals surface area contributed by atoms with Gasteiger partial charge in [-0.1, -0.05) is 15.9 Å². The zero-order valence-electron chi connectivity index (χ0n) is 9.83. The van der Waals surface area contributed by atoms with E-state index >= 15 is 0 Å². The largest absolute Gasteiger partial charge is 0.448 e. The van der Waals surface area contributed by atoms with Crippen LogP contribution in [0.2, 0.25) is 0 Å². The quantitative estimate of drug-likeness (QED) is 0.863. The summed E-state index contributed by atoms with van der Waals surface area (Å²) in [7, 11) is 0. The highest BCUT2D eigenvalue weighted by atomic mass is 79.9. The van der Waals surface area contributed by atoms with Crippen molar-refractivity contribution in [2.24, 2.45) is 5.73 Å². The Labute approximate surface area is 109 Å². The van der Waals surface area contributed by atoms with E-state index in [2.05, 4.69) is 15.9 Å². The van der Waals surface area contributed by atoms with Crippen molar-refractivity contribution in [1.82, 2.24) is 0 Å². The van der Waals surface area contributed by atoms with Crippen molar-refractivity contribution in [2.75, 3.05) is 0 Å². The minimum absolute atomic E-state index is 0.0154. The van der Waals surface area contributed by atoms with Gasteiger partial charge < -0.3 is 15.2 Å². The molecule has 1 unspecified atom stereocenters. The molecule has 0 radical (unpaired) electrons. The van der Waals surface area contributed by atoms with Crippen LogP contribution >= 0.6 is 15.9 Å². The van der Waals surface area contributed by atoms with Gasteiger partial charge in [-0.2, -0.15) is 0 Å². The molecule has 1 atom stereocenters. The normalized spacial score (nSPS) is 22.1. The van der Waals surface area contributed by atoms with Crippen LogP contribution in [0.4, 0.5) is 0 Å². The van der Waals surface area contributed by atoms with E-state index in [1.165, 1.54) is 12.8 Å². The van der Waals surface area contributed by atoms with Crippen LogP contribution in [0.5, 0.6) is 11.5 Å². The van der Waals surface area contributed by atoms with Crippen molar-refractivity contribution in [3.05, 3.63) is 22.2 Å². The predicted octanol–water partition coefficient (Wildman–Crippen LogP) is 3.51. The lowest BCUT2D eigenvalue weighted by atomic mass is 10.1. The summed E-state index contributed by atoms with van der Waals surface area (Å²) >= 11 is 3.53. The first-order chi connectivity index (χ1) is 8.10. The molecule has 1 fully saturated rings. The summed E-state index contributed by atoms with van der Waals surface area (Å²) in [6.45, 7) is 1.97. The van der Waals surface area contributed by atoms with Crippen molar-refractivity contribution in [3.63, 3.8) is 0 Å². The molecule has 1 aromatic carbocycles. The maximum Gasteiger partial charge on any atom is 0.251 e. The van der Waals surface area contributed by atoms with Gasteiger partial charge in [0.25, 0.3) is 5.79 Å². The molecule has 0 aromatic heterocycles. The van der Waals surface area contributed by atoms with Crippen molar-refractivity contribution < 1.29 is 9.47 Å². The molecule has 92 valence electrons. The fraction of sp³-hybridized carbons (Fsp3) is 0.538. The number of halogens is 1. The highest BCUT2D eigenvalue weighted by molar-refractivity contribution is 9.10. The summed E-state index contributed by atoms with van der Waals surface area (Å²) in [5.41, 5.74) is 6.98. The van der Waals surface area contributed by atoms with E-state index in [9.17, 15) is 0 Å². The van der Waals surface area contributed by atoms with Crippen LogP contribution < -0.4 is 15.2 Å². The number of fused-ring (bicyclic) bond motifs is 1. The smallest absolute Gasteiger partial charge is 0.251 e. The second kappa shape index (κ2) is 3.89. The lowest BCUT2D eigenvalue weighted by Crippen LogP contribution is -2.34. The van der Waals surface area contributed by atoms with E-state index in [1.807, 2.05) is 19.1 Å². The first-order valence-corrected chi connectivity index (χ1v) is 6.86. The minimum atomic E-state index is -0.391. The number of benzene rings is 1. The van der Waals surface area contributed by atoms with Crippen LogP contribution in [0, 0.1) is 0 Å². The Balaban J connectivity index is 1.97. The maximum absolute atomic E-state index is 6.00. The molecule has 1 aliphatic heterocycles. The third-order valence-electron chi connectivity index (χ3n) is 3.51. The highest BCUT2D eigenvalue weighted by Crippen LogP contribution is 2.48. The molecular formula is C13H16BrNO2. The predicted molar refractivity (Wildman–Crippen MR) is 69.2 cm³/mol. The van der Waals surface area contributed by atoms with Gasteiger partial charge in [0.05, 0.1) is 0 Å². The van der Waals surface area contributed by atoms with Crippen molar-refractivity contribution >= 4 is 15.9 Å². The molecule has 3 nitrogen and oxygen atoms in total. The van der Waals surface area contributed by atoms with E-state index < -0.39 is 5.79 Å². The van der Waals surface area contributed by atoms with E-state index in [-0.39, 0.29) is 6.04 Å². The molecule has 2 aliphatic rings. The molecule has 1 heterocycles. The average molecular weight is 298 g/mol. The van der Waals surface area contributed by atoms with E-state index in [4.69, 9.17) is 15.2 Å². The van der Waals surface area contributed by atoms with Crippen LogP contribution in [0.1, 0.15) is 44.2 Å². The van der Waals surface area contributed by atoms with Crippen LogP contribution in [-0.2, 0) is 0 Å². The summed E-state index contributed by atoms with van der Waals surface area (Å²) in [5.74, 6) is 1.28. The van der Waals surface area contributed by atoms with E-state index in [0.29, 0.717) is 0 Å². The van der Waals surface area contributed by atoms with Gasteiger partial charge in [-0.15, -0.1) is 0 Å². The molecule has 1 spiro atoms. The van der Waals surface area contributed by atoms with Gasteiger partial charge in [0.2, 0.25) is 0 Å². The summed E-state index contributed by atoms with van der Waals surface area (Å²) in [5, 5.41) is 0. The van der Waals surface area contributed by atoms with Crippen LogP contribution in [0.3, 0.4) is 0 Å². The summed E-state index contributed by atoms with van der Waals surface area (Å²) in [6, 6.07) is 3.96. The monoisotopic (exact) mass is 297 g/mol. The Morgan fingerprint density at radius 2 is 1.82 bits per heavy atom. The fourth-order valence-corrected chi connectivity index (χ4v) is 3.28. The first kappa shape index (κ1) is 11.4. The van der Waals surface area contributed by atoms with Gasteiger partial charge in [0.15, 0.2) is 11.5 Å². The zero-order valence-corrected chi connectivity index (χ0v) is 11.4. The molecule has 0 saturated heterocycles. The standard InChI is InChI=1S/C13H16BrNO2/c1-8(15)9-6-11-12(7-10(9)14)17-13(16-11)4-2-3-5-13/h6-8H,2-5,15H2,1H3. The van der Waals surface area contributed by atoms with Crippen molar-refractivity contribution in [3.8, 4) is 11.5 Å². The second-order valence-corrected chi connectivity index (χ2v) is 5.79. The zero-order chi connectivity index (χ0) is 12.0. The van der Waals surface area contributed by atoms with Crippen LogP contribution in [0.15, 0.2) is 16.6 Å². The maximum atomic E-state index is 6.00. The Kier molecular flexibility index (Phi) is 2.60. The lowest BCUT2D eigenvalue weighted by molar-refractivity contribution is -0.0716. The number of hydrogen-bond donors (Lipinski definition) is 1. The Bertz CT molecular complexity index is 453. The molecule has 0 amide bonds. The number of ether oxygens (including phenoxy) is 2. The molecule has 17 heavy (non-hydrogen) atoms. The van der Waals surface area contributed by atoms with Crippen molar-refractivity contribution in [1.29, 1.82) is 0 Å². The van der Waals surface area contributed by atoms with Crippen LogP contribution in [0.25, 0.3) is 0 Å². The summed E-state index contributed by atoms with van der Waals surface area (Å²) in [6.07, 6.45) is 4.31. The van der Waals surface area contributed by atoms with Gasteiger partial charge in [-0.25, -0.2) is 0 Å². The molecule has 1 aromatic rings. The Morgan fingerprint density at radius 3 is 2.41 bits per heavy atom. The molecule has 0 bridgehead atoms. The van der Waals surface area contributed by atoms with Gasteiger partial charge in [0.1, 0.15) is 0 Å². The number of hydrogen-bond acceptors (Lipinski definition) is 3. The van der Waals surface area contributed by atoms with Gasteiger partial charge in [-0.3, -0.25) is 0 Å². The second-order valence-electron chi connectivity index (χ2n) is 4.93. The van der Waals surface area contributed by atoms with E-state index in [0.717, 1.165) is 34.4 Å². The average Bonchev–Trinajstić information content (AvgIpc) is 2.84. The van der Waals surface area contributed by atoms with Gasteiger partial charge in [0, 0.05) is 23.4 Å². The minimum Gasteiger partial charge on any atom is -0.448 e. The van der Waals surface area contributed by atoms with E-state index in [1.54, 1.807) is 0 Å². The Morgan fingerprint density at radius 1 is 1.24 bits per heavy atom. The third kappa shape index (κ3) is 1.83.